The number of aliphatic hydroxyl groups is 2. The van der Waals surface area contributed by atoms with Gasteiger partial charge in [0.15, 0.2) is 12.1 Å². The first-order chi connectivity index (χ1) is 27.0. The summed E-state index contributed by atoms with van der Waals surface area (Å²) in [6.07, 6.45) is -2.95. The van der Waals surface area contributed by atoms with Crippen LogP contribution in [0, 0.1) is 29.6 Å². The van der Waals surface area contributed by atoms with Gasteiger partial charge in [-0.05, 0) is 105 Å². The van der Waals surface area contributed by atoms with Crippen molar-refractivity contribution < 1.29 is 48.4 Å². The number of ketones is 1. The molecular weight excluding hydrogens is 743 g/mol. The number of esters is 1. The SMILES string of the molecule is CC[C@H]1OC(=O)[C@H](C)C(=O)[C@H](C)[C@@H](O[C@@H]2O[C@H](C)C[C@H](N(C)C(C)(C)C)[C@H]2O)[C@@]2(C)C[C@@H](C)C(=NC(C)=O)[C@H](C)[C@@H](CC/C(=N\OCc3ccccc3)CO2)[C@]1(C)O. The molecule has 0 aliphatic carbocycles. The Morgan fingerprint density at radius 3 is 2.31 bits per heavy atom. The molecule has 0 spiro atoms. The fraction of sp³-hybridized carbons (Fsp3) is 0.756. The first-order valence-corrected chi connectivity index (χ1v) is 21.1. The summed E-state index contributed by atoms with van der Waals surface area (Å²) in [4.78, 5) is 54.0. The van der Waals surface area contributed by atoms with Gasteiger partial charge in [-0.15, -0.1) is 0 Å². The maximum Gasteiger partial charge on any atom is 0.316 e. The zero-order chi connectivity index (χ0) is 43.3. The number of carbonyl (C=O) groups excluding carboxylic acids is 3. The first kappa shape index (κ1) is 47.6. The van der Waals surface area contributed by atoms with Crippen molar-refractivity contribution in [2.75, 3.05) is 13.7 Å². The van der Waals surface area contributed by atoms with Gasteiger partial charge in [-0.1, -0.05) is 63.2 Å². The Morgan fingerprint density at radius 2 is 1.71 bits per heavy atom. The number of hydrogen-bond donors (Lipinski definition) is 2. The normalized spacial score (nSPS) is 38.8. The van der Waals surface area contributed by atoms with E-state index in [1.807, 2.05) is 72.0 Å². The summed E-state index contributed by atoms with van der Waals surface area (Å²) in [5.41, 5.74) is -1.19. The summed E-state index contributed by atoms with van der Waals surface area (Å²) in [5.74, 6) is -5.32. The van der Waals surface area contributed by atoms with Crippen LogP contribution in [-0.4, -0.2) is 111 Å². The molecule has 13 heteroatoms. The Labute approximate surface area is 346 Å². The summed E-state index contributed by atoms with van der Waals surface area (Å²) in [5, 5.41) is 29.1. The summed E-state index contributed by atoms with van der Waals surface area (Å²) in [6.45, 7) is 22.2. The number of cyclic esters (lactones) is 1. The number of rotatable bonds is 7. The minimum absolute atomic E-state index is 0.0245. The molecule has 2 N–H and O–H groups in total. The Kier molecular flexibility index (Phi) is 16.0. The van der Waals surface area contributed by atoms with Crippen molar-refractivity contribution >= 4 is 29.1 Å². The van der Waals surface area contributed by atoms with Gasteiger partial charge in [0.25, 0.3) is 0 Å². The van der Waals surface area contributed by atoms with Gasteiger partial charge in [-0.2, -0.15) is 0 Å². The summed E-state index contributed by atoms with van der Waals surface area (Å²) < 4.78 is 26.3. The quantitative estimate of drug-likeness (QED) is 0.180. The maximum atomic E-state index is 14.6. The van der Waals surface area contributed by atoms with Crippen LogP contribution in [-0.2, 0) is 44.8 Å². The molecule has 58 heavy (non-hydrogen) atoms. The highest BCUT2D eigenvalue weighted by molar-refractivity contribution is 6.00. The highest BCUT2D eigenvalue weighted by Crippen LogP contribution is 2.42. The van der Waals surface area contributed by atoms with Crippen LogP contribution in [0.3, 0.4) is 0 Å². The van der Waals surface area contributed by atoms with Crippen LogP contribution in [0.4, 0.5) is 0 Å². The average molecular weight is 814 g/mol. The fourth-order valence-electron chi connectivity index (χ4n) is 9.27. The second-order valence-electron chi connectivity index (χ2n) is 18.5. The molecule has 3 saturated heterocycles. The van der Waals surface area contributed by atoms with Crippen molar-refractivity contribution in [3.8, 4) is 0 Å². The van der Waals surface area contributed by atoms with Crippen molar-refractivity contribution in [2.24, 2.45) is 39.7 Å². The Morgan fingerprint density at radius 1 is 1.05 bits per heavy atom. The lowest BCUT2D eigenvalue weighted by Crippen LogP contribution is -2.62. The van der Waals surface area contributed by atoms with Crippen molar-refractivity contribution in [1.82, 2.24) is 4.90 Å². The molecule has 1 aromatic carbocycles. The van der Waals surface area contributed by atoms with Crippen LogP contribution in [0.15, 0.2) is 40.5 Å². The van der Waals surface area contributed by atoms with Crippen LogP contribution in [0.25, 0.3) is 0 Å². The highest BCUT2D eigenvalue weighted by atomic mass is 16.7. The molecule has 0 saturated carbocycles. The van der Waals surface area contributed by atoms with Crippen LogP contribution in [0.5, 0.6) is 0 Å². The number of likely N-dealkylation sites (N-methyl/N-ethyl adjacent to an activating group) is 1. The molecule has 4 rings (SSSR count). The number of fused-ring (bicyclic) bond motifs is 5. The molecule has 1 aromatic rings. The number of hydrogen-bond acceptors (Lipinski definition) is 12. The van der Waals surface area contributed by atoms with E-state index in [-0.39, 0.29) is 43.7 Å². The zero-order valence-electron chi connectivity index (χ0n) is 37.2. The molecule has 3 fully saturated rings. The average Bonchev–Trinajstić information content (AvgIpc) is 3.17. The molecule has 3 heterocycles. The molecule has 326 valence electrons. The lowest BCUT2D eigenvalue weighted by molar-refractivity contribution is -0.299. The van der Waals surface area contributed by atoms with Crippen LogP contribution in [0.2, 0.25) is 0 Å². The van der Waals surface area contributed by atoms with Gasteiger partial charge < -0.3 is 34.0 Å². The van der Waals surface area contributed by atoms with E-state index in [1.54, 1.807) is 13.8 Å². The van der Waals surface area contributed by atoms with Gasteiger partial charge in [-0.3, -0.25) is 19.3 Å². The molecule has 0 aromatic heterocycles. The third-order valence-electron chi connectivity index (χ3n) is 12.9. The lowest BCUT2D eigenvalue weighted by Gasteiger charge is -2.49. The molecule has 13 atom stereocenters. The lowest BCUT2D eigenvalue weighted by atomic mass is 9.68. The number of oxime groups is 1. The summed E-state index contributed by atoms with van der Waals surface area (Å²) in [6, 6.07) is 9.33. The van der Waals surface area contributed by atoms with E-state index in [1.165, 1.54) is 13.8 Å². The van der Waals surface area contributed by atoms with E-state index >= 15 is 0 Å². The molecule has 13 nitrogen and oxygen atoms in total. The number of ether oxygens (including phenoxy) is 4. The van der Waals surface area contributed by atoms with Gasteiger partial charge in [0.05, 0.1) is 30.1 Å². The van der Waals surface area contributed by atoms with E-state index in [2.05, 4.69) is 35.8 Å². The van der Waals surface area contributed by atoms with Crippen molar-refractivity contribution in [1.29, 1.82) is 0 Å². The van der Waals surface area contributed by atoms with Gasteiger partial charge >= 0.3 is 5.97 Å². The Bertz CT molecular complexity index is 1630. The minimum Gasteiger partial charge on any atom is -0.459 e. The maximum absolute atomic E-state index is 14.6. The third-order valence-corrected chi connectivity index (χ3v) is 12.9. The third kappa shape index (κ3) is 11.2. The van der Waals surface area contributed by atoms with E-state index in [4.69, 9.17) is 23.8 Å². The largest absolute Gasteiger partial charge is 0.459 e. The molecule has 2 bridgehead atoms. The second kappa shape index (κ2) is 19.5. The summed E-state index contributed by atoms with van der Waals surface area (Å²) >= 11 is 0. The van der Waals surface area contributed by atoms with Crippen LogP contribution in [0.1, 0.15) is 121 Å². The van der Waals surface area contributed by atoms with Gasteiger partial charge in [-0.25, -0.2) is 4.99 Å². The minimum atomic E-state index is -1.61. The van der Waals surface area contributed by atoms with Crippen molar-refractivity contribution in [2.45, 2.75) is 175 Å². The van der Waals surface area contributed by atoms with Gasteiger partial charge in [0.1, 0.15) is 30.3 Å². The number of benzene rings is 1. The molecule has 0 radical (unpaired) electrons. The Balaban J connectivity index is 1.94. The molecular formula is C45H71N3O10. The monoisotopic (exact) mass is 814 g/mol. The van der Waals surface area contributed by atoms with E-state index in [0.29, 0.717) is 30.7 Å². The van der Waals surface area contributed by atoms with E-state index < -0.39 is 83.1 Å². The number of nitrogens with zero attached hydrogens (tertiary/aromatic N) is 3. The molecule has 3 aliphatic rings. The number of carbonyl (C=O) groups is 3. The molecule has 3 aliphatic heterocycles. The van der Waals surface area contributed by atoms with Crippen molar-refractivity contribution in [3.63, 3.8) is 0 Å². The molecule has 0 unspecified atom stereocenters. The zero-order valence-corrected chi connectivity index (χ0v) is 37.2. The topological polar surface area (TPSA) is 166 Å². The molecule has 1 amide bonds. The summed E-state index contributed by atoms with van der Waals surface area (Å²) in [7, 11) is 1.96. The number of Topliss-reactive ketones (excluding diaryl/α,β-unsaturated/α-hetero) is 1. The van der Waals surface area contributed by atoms with Crippen LogP contribution < -0.4 is 0 Å². The smallest absolute Gasteiger partial charge is 0.316 e. The predicted molar refractivity (Wildman–Crippen MR) is 222 cm³/mol. The first-order valence-electron chi connectivity index (χ1n) is 21.1. The van der Waals surface area contributed by atoms with Gasteiger partial charge in [0.2, 0.25) is 5.91 Å². The van der Waals surface area contributed by atoms with E-state index in [9.17, 15) is 24.6 Å². The van der Waals surface area contributed by atoms with Crippen LogP contribution >= 0.6 is 0 Å². The van der Waals surface area contributed by atoms with E-state index in [0.717, 1.165) is 5.56 Å². The number of aliphatic hydroxyl groups excluding tert-OH is 1. The number of aliphatic imine (C=N–C) groups is 1. The van der Waals surface area contributed by atoms with Gasteiger partial charge in [0, 0.05) is 36.1 Å². The predicted octanol–water partition coefficient (Wildman–Crippen LogP) is 6.30. The second-order valence-corrected chi connectivity index (χ2v) is 18.5. The van der Waals surface area contributed by atoms with Crippen molar-refractivity contribution in [3.05, 3.63) is 35.9 Å². The standard InChI is InChI=1S/C45H71N3O10/c1-14-36-45(12,53)34-21-20-33(47-55-24-32-18-16-15-17-19-32)25-54-44(11,23-26(2)37(28(34)4)46-31(7)49)40(29(5)38(50)30(6)41(52)57-36)58-42-39(51)35(22-27(3)56-42)48(13)43(8,9)10/h15-19,26-30,34-36,39-40,42,51,53H,14,20-25H2,1-13H3/b46-37?,47-33+/t26-,27-,28-,29+,30-,34-,35+,36-,39-,40-,42+,44-,45+/m1/s1. The fourth-order valence-corrected chi connectivity index (χ4v) is 9.27. The Hall–Kier alpha value is -3.07. The highest BCUT2D eigenvalue weighted by Gasteiger charge is 2.53. The number of amides is 1.